The first-order valence-corrected chi connectivity index (χ1v) is 8.68. The molecule has 3 N–H and O–H groups in total. The fourth-order valence-corrected chi connectivity index (χ4v) is 3.49. The van der Waals surface area contributed by atoms with Crippen LogP contribution < -0.4 is 5.32 Å². The zero-order valence-corrected chi connectivity index (χ0v) is 14.1. The molecule has 0 bridgehead atoms. The molecule has 0 radical (unpaired) electrons. The van der Waals surface area contributed by atoms with E-state index in [0.29, 0.717) is 16.6 Å². The van der Waals surface area contributed by atoms with Gasteiger partial charge in [0.15, 0.2) is 5.82 Å². The van der Waals surface area contributed by atoms with E-state index in [0.717, 1.165) is 25.7 Å². The molecule has 2 aromatic heterocycles. The Labute approximate surface area is 149 Å². The van der Waals surface area contributed by atoms with Crippen LogP contribution in [0.1, 0.15) is 25.7 Å². The number of phenolic OH excluding ortho intramolecular Hbond substituents is 1. The minimum Gasteiger partial charge on any atom is -0.507 e. The van der Waals surface area contributed by atoms with E-state index in [-0.39, 0.29) is 23.0 Å². The first-order valence-electron chi connectivity index (χ1n) is 8.68. The Balaban J connectivity index is 1.81. The summed E-state index contributed by atoms with van der Waals surface area (Å²) < 4.78 is 14.3. The second-order valence-corrected chi connectivity index (χ2v) is 6.56. The Hall–Kier alpha value is -2.80. The van der Waals surface area contributed by atoms with Gasteiger partial charge < -0.3 is 15.5 Å². The van der Waals surface area contributed by atoms with Crippen molar-refractivity contribution in [3.8, 4) is 17.0 Å². The Morgan fingerprint density at radius 1 is 1.08 bits per heavy atom. The first kappa shape index (κ1) is 16.7. The van der Waals surface area contributed by atoms with Crippen molar-refractivity contribution in [2.75, 3.05) is 5.32 Å². The van der Waals surface area contributed by atoms with Crippen molar-refractivity contribution in [3.63, 3.8) is 0 Å². The summed E-state index contributed by atoms with van der Waals surface area (Å²) in [6, 6.07) is 5.78. The molecule has 0 saturated heterocycles. The van der Waals surface area contributed by atoms with Crippen molar-refractivity contribution in [1.29, 1.82) is 0 Å². The van der Waals surface area contributed by atoms with Gasteiger partial charge in [-0.3, -0.25) is 4.98 Å². The molecule has 1 aromatic carbocycles. The summed E-state index contributed by atoms with van der Waals surface area (Å²) in [4.78, 5) is 4.11. The molecule has 1 aliphatic rings. The highest BCUT2D eigenvalue weighted by Crippen LogP contribution is 2.36. The number of fused-ring (bicyclic) bond motifs is 1. The highest BCUT2D eigenvalue weighted by Gasteiger charge is 2.25. The van der Waals surface area contributed by atoms with E-state index in [9.17, 15) is 14.6 Å². The van der Waals surface area contributed by atoms with Crippen molar-refractivity contribution < 1.29 is 14.6 Å². The molecule has 3 aromatic rings. The number of halogens is 1. The fraction of sp³-hybridized carbons (Fsp3) is 0.316. The number of hydrogen-bond acceptors (Lipinski definition) is 6. The number of phenols is 1. The number of anilines is 1. The average molecular weight is 354 g/mol. The minimum absolute atomic E-state index is 0.00208. The van der Waals surface area contributed by atoms with E-state index >= 15 is 0 Å². The van der Waals surface area contributed by atoms with Gasteiger partial charge >= 0.3 is 0 Å². The Morgan fingerprint density at radius 3 is 2.73 bits per heavy atom. The molecule has 0 aliphatic heterocycles. The summed E-state index contributed by atoms with van der Waals surface area (Å²) in [5.74, 6) is -0.256. The summed E-state index contributed by atoms with van der Waals surface area (Å²) >= 11 is 0. The van der Waals surface area contributed by atoms with Gasteiger partial charge in [0, 0.05) is 23.2 Å². The van der Waals surface area contributed by atoms with Gasteiger partial charge in [0.1, 0.15) is 17.3 Å². The molecule has 1 aliphatic carbocycles. The molecule has 0 unspecified atom stereocenters. The molecule has 0 spiro atoms. The number of hydrogen-bond donors (Lipinski definition) is 3. The molecule has 0 amide bonds. The van der Waals surface area contributed by atoms with Crippen LogP contribution in [-0.4, -0.2) is 37.5 Å². The maximum absolute atomic E-state index is 14.3. The number of aromatic hydroxyl groups is 1. The predicted molar refractivity (Wildman–Crippen MR) is 96.3 cm³/mol. The van der Waals surface area contributed by atoms with Gasteiger partial charge in [0.05, 0.1) is 17.7 Å². The van der Waals surface area contributed by atoms with E-state index in [4.69, 9.17) is 0 Å². The standard InChI is InChI=1S/C19H19FN4O2/c20-13-4-3-7-16(26)17(13)18-12-10-21-9-8-11(12)19(24-23-18)22-14-5-1-2-6-15(14)25/h3-4,7-10,14-15,25-26H,1-2,5-6H2,(H,22,24)/t14-,15+/m0/s1. The fourth-order valence-electron chi connectivity index (χ4n) is 3.49. The lowest BCUT2D eigenvalue weighted by Gasteiger charge is -2.29. The number of aliphatic hydroxyl groups is 1. The molecule has 1 saturated carbocycles. The molecule has 26 heavy (non-hydrogen) atoms. The Bertz CT molecular complexity index is 930. The third-order valence-electron chi connectivity index (χ3n) is 4.86. The third kappa shape index (κ3) is 2.94. The van der Waals surface area contributed by atoms with Crippen LogP contribution in [0.3, 0.4) is 0 Å². The summed E-state index contributed by atoms with van der Waals surface area (Å²) in [5, 5.41) is 33.2. The van der Waals surface area contributed by atoms with Gasteiger partial charge in [-0.2, -0.15) is 0 Å². The van der Waals surface area contributed by atoms with Gasteiger partial charge in [0.2, 0.25) is 0 Å². The first-order chi connectivity index (χ1) is 12.6. The lowest BCUT2D eigenvalue weighted by Crippen LogP contribution is -2.36. The number of rotatable bonds is 3. The smallest absolute Gasteiger partial charge is 0.157 e. The molecule has 2 atom stereocenters. The van der Waals surface area contributed by atoms with E-state index < -0.39 is 11.9 Å². The maximum Gasteiger partial charge on any atom is 0.157 e. The van der Waals surface area contributed by atoms with E-state index in [1.165, 1.54) is 18.2 Å². The van der Waals surface area contributed by atoms with Crippen molar-refractivity contribution in [1.82, 2.24) is 15.2 Å². The van der Waals surface area contributed by atoms with Gasteiger partial charge in [-0.05, 0) is 31.0 Å². The average Bonchev–Trinajstić information content (AvgIpc) is 2.65. The zero-order valence-electron chi connectivity index (χ0n) is 14.1. The predicted octanol–water partition coefficient (Wildman–Crippen LogP) is 3.25. The summed E-state index contributed by atoms with van der Waals surface area (Å²) in [5.41, 5.74) is 0.237. The van der Waals surface area contributed by atoms with Crippen LogP contribution in [0.4, 0.5) is 10.2 Å². The van der Waals surface area contributed by atoms with Crippen molar-refractivity contribution in [2.45, 2.75) is 37.8 Å². The van der Waals surface area contributed by atoms with Crippen LogP contribution >= 0.6 is 0 Å². The van der Waals surface area contributed by atoms with Crippen LogP contribution in [-0.2, 0) is 0 Å². The van der Waals surface area contributed by atoms with Crippen LogP contribution in [0.15, 0.2) is 36.7 Å². The summed E-state index contributed by atoms with van der Waals surface area (Å²) in [6.07, 6.45) is 6.43. The molecule has 134 valence electrons. The monoisotopic (exact) mass is 354 g/mol. The highest BCUT2D eigenvalue weighted by atomic mass is 19.1. The number of benzene rings is 1. The summed E-state index contributed by atoms with van der Waals surface area (Å²) in [6.45, 7) is 0. The van der Waals surface area contributed by atoms with E-state index in [2.05, 4.69) is 20.5 Å². The maximum atomic E-state index is 14.3. The van der Waals surface area contributed by atoms with E-state index in [1.54, 1.807) is 18.5 Å². The van der Waals surface area contributed by atoms with Crippen LogP contribution in [0.2, 0.25) is 0 Å². The number of nitrogens with one attached hydrogen (secondary N) is 1. The van der Waals surface area contributed by atoms with Gasteiger partial charge in [-0.1, -0.05) is 18.9 Å². The van der Waals surface area contributed by atoms with Crippen LogP contribution in [0.5, 0.6) is 5.75 Å². The van der Waals surface area contributed by atoms with Gasteiger partial charge in [-0.25, -0.2) is 4.39 Å². The molecule has 4 rings (SSSR count). The second kappa shape index (κ2) is 6.84. The number of pyridine rings is 1. The van der Waals surface area contributed by atoms with Crippen molar-refractivity contribution in [3.05, 3.63) is 42.5 Å². The largest absolute Gasteiger partial charge is 0.507 e. The lowest BCUT2D eigenvalue weighted by atomic mass is 9.92. The van der Waals surface area contributed by atoms with Crippen LogP contribution in [0, 0.1) is 5.82 Å². The van der Waals surface area contributed by atoms with Crippen LogP contribution in [0.25, 0.3) is 22.0 Å². The molecule has 1 fully saturated rings. The van der Waals surface area contributed by atoms with Gasteiger partial charge in [-0.15, -0.1) is 10.2 Å². The molecular weight excluding hydrogens is 335 g/mol. The topological polar surface area (TPSA) is 91.2 Å². The summed E-state index contributed by atoms with van der Waals surface area (Å²) in [7, 11) is 0. The lowest BCUT2D eigenvalue weighted by molar-refractivity contribution is 0.116. The third-order valence-corrected chi connectivity index (χ3v) is 4.86. The van der Waals surface area contributed by atoms with Crippen molar-refractivity contribution >= 4 is 16.6 Å². The Kier molecular flexibility index (Phi) is 4.38. The quantitative estimate of drug-likeness (QED) is 0.669. The normalized spacial score (nSPS) is 20.2. The molecule has 7 heteroatoms. The molecular formula is C19H19FN4O2. The number of aliphatic hydroxyl groups excluding tert-OH is 1. The molecule has 6 nitrogen and oxygen atoms in total. The molecule has 2 heterocycles. The highest BCUT2D eigenvalue weighted by molar-refractivity contribution is 6.00. The SMILES string of the molecule is Oc1cccc(F)c1-c1nnc(N[C@H]2CCCC[C@H]2O)c2ccncc12. The van der Waals surface area contributed by atoms with Crippen molar-refractivity contribution in [2.24, 2.45) is 0 Å². The number of aromatic nitrogens is 3. The second-order valence-electron chi connectivity index (χ2n) is 6.56. The number of nitrogens with zero attached hydrogens (tertiary/aromatic N) is 3. The zero-order chi connectivity index (χ0) is 18.1. The van der Waals surface area contributed by atoms with Gasteiger partial charge in [0.25, 0.3) is 0 Å². The minimum atomic E-state index is -0.576. The van der Waals surface area contributed by atoms with E-state index in [1.807, 2.05) is 0 Å². The Morgan fingerprint density at radius 2 is 1.92 bits per heavy atom.